The third-order valence-corrected chi connectivity index (χ3v) is 2.29. The molecule has 0 amide bonds. The number of carboxylic acids is 1. The van der Waals surface area contributed by atoms with Crippen molar-refractivity contribution in [3.8, 4) is 5.75 Å². The first-order valence-electron chi connectivity index (χ1n) is 5.72. The van der Waals surface area contributed by atoms with Crippen molar-refractivity contribution in [3.05, 3.63) is 29.8 Å². The van der Waals surface area contributed by atoms with Gasteiger partial charge in [0.15, 0.2) is 6.79 Å². The lowest BCUT2D eigenvalue weighted by atomic mass is 10.1. The number of carboxylic acid groups (broad SMARTS) is 1. The molecule has 0 unspecified atom stereocenters. The molecule has 5 nitrogen and oxygen atoms in total. The van der Waals surface area contributed by atoms with E-state index in [9.17, 15) is 4.79 Å². The normalized spacial score (nSPS) is 10.3. The molecule has 1 N–H and O–H groups in total. The number of rotatable bonds is 9. The Morgan fingerprint density at radius 2 is 1.94 bits per heavy atom. The van der Waals surface area contributed by atoms with Gasteiger partial charge >= 0.3 is 5.97 Å². The Morgan fingerprint density at radius 1 is 1.22 bits per heavy atom. The van der Waals surface area contributed by atoms with Crippen molar-refractivity contribution >= 4 is 5.97 Å². The molecule has 18 heavy (non-hydrogen) atoms. The molecule has 0 heterocycles. The summed E-state index contributed by atoms with van der Waals surface area (Å²) in [7, 11) is 1.61. The predicted octanol–water partition coefficient (Wildman–Crippen LogP) is 1.70. The van der Waals surface area contributed by atoms with Gasteiger partial charge in [-0.3, -0.25) is 4.79 Å². The molecule has 5 heteroatoms. The molecule has 0 radical (unpaired) electrons. The van der Waals surface area contributed by atoms with Crippen molar-refractivity contribution in [2.45, 2.75) is 12.8 Å². The molecular weight excluding hydrogens is 236 g/mol. The molecule has 0 saturated carbocycles. The summed E-state index contributed by atoms with van der Waals surface area (Å²) in [5.74, 6) is -0.0895. The Morgan fingerprint density at radius 3 is 2.56 bits per heavy atom. The summed E-state index contributed by atoms with van der Waals surface area (Å²) in [5.41, 5.74) is 0.977. The molecule has 100 valence electrons. The molecule has 0 spiro atoms. The summed E-state index contributed by atoms with van der Waals surface area (Å²) < 4.78 is 15.3. The van der Waals surface area contributed by atoms with Crippen LogP contribution in [0.25, 0.3) is 0 Å². The second kappa shape index (κ2) is 8.49. The smallest absolute Gasteiger partial charge is 0.303 e. The first kappa shape index (κ1) is 14.5. The Labute approximate surface area is 106 Å². The van der Waals surface area contributed by atoms with Gasteiger partial charge in [0, 0.05) is 13.5 Å². The number of methoxy groups -OCH3 is 1. The number of carbonyl (C=O) groups is 1. The average molecular weight is 254 g/mol. The highest BCUT2D eigenvalue weighted by atomic mass is 16.7. The molecule has 0 aliphatic carbocycles. The Hall–Kier alpha value is -1.59. The van der Waals surface area contributed by atoms with E-state index < -0.39 is 5.97 Å². The fourth-order valence-electron chi connectivity index (χ4n) is 1.31. The van der Waals surface area contributed by atoms with Gasteiger partial charge in [-0.15, -0.1) is 0 Å². The van der Waals surface area contributed by atoms with Crippen LogP contribution in [-0.4, -0.2) is 38.2 Å². The number of hydrogen-bond donors (Lipinski definition) is 1. The van der Waals surface area contributed by atoms with Crippen molar-refractivity contribution in [1.82, 2.24) is 0 Å². The molecule has 1 aromatic carbocycles. The Balaban J connectivity index is 2.25. The first-order valence-corrected chi connectivity index (χ1v) is 5.72. The van der Waals surface area contributed by atoms with Crippen LogP contribution in [0.1, 0.15) is 12.0 Å². The molecule has 0 aliphatic heterocycles. The van der Waals surface area contributed by atoms with Crippen molar-refractivity contribution in [3.63, 3.8) is 0 Å². The van der Waals surface area contributed by atoms with E-state index in [1.165, 1.54) is 0 Å². The first-order chi connectivity index (χ1) is 8.72. The lowest BCUT2D eigenvalue weighted by molar-refractivity contribution is -0.136. The van der Waals surface area contributed by atoms with Gasteiger partial charge in [0.25, 0.3) is 0 Å². The minimum absolute atomic E-state index is 0.139. The summed E-state index contributed by atoms with van der Waals surface area (Å²) in [6, 6.07) is 7.31. The molecule has 0 aliphatic rings. The maximum Gasteiger partial charge on any atom is 0.303 e. The van der Waals surface area contributed by atoms with Gasteiger partial charge in [0.1, 0.15) is 5.75 Å². The van der Waals surface area contributed by atoms with E-state index >= 15 is 0 Å². The van der Waals surface area contributed by atoms with Crippen LogP contribution in [0.3, 0.4) is 0 Å². The zero-order valence-electron chi connectivity index (χ0n) is 10.4. The third kappa shape index (κ3) is 6.22. The average Bonchev–Trinajstić information content (AvgIpc) is 2.37. The molecular formula is C13H18O5. The van der Waals surface area contributed by atoms with Crippen LogP contribution in [0.2, 0.25) is 0 Å². The van der Waals surface area contributed by atoms with E-state index in [1.807, 2.05) is 12.1 Å². The summed E-state index contributed by atoms with van der Waals surface area (Å²) in [4.78, 5) is 10.4. The molecule has 1 aromatic rings. The Kier molecular flexibility index (Phi) is 6.83. The number of aliphatic carboxylic acids is 1. The number of benzene rings is 1. The highest BCUT2D eigenvalue weighted by Gasteiger charge is 2.00. The third-order valence-electron chi connectivity index (χ3n) is 2.29. The largest absolute Gasteiger partial charge is 0.481 e. The zero-order chi connectivity index (χ0) is 13.2. The van der Waals surface area contributed by atoms with Gasteiger partial charge in [-0.25, -0.2) is 0 Å². The molecule has 0 bridgehead atoms. The maximum atomic E-state index is 10.4. The predicted molar refractivity (Wildman–Crippen MR) is 65.7 cm³/mol. The van der Waals surface area contributed by atoms with Crippen molar-refractivity contribution in [1.29, 1.82) is 0 Å². The van der Waals surface area contributed by atoms with Crippen LogP contribution in [0.15, 0.2) is 24.3 Å². The molecule has 1 rings (SSSR count). The van der Waals surface area contributed by atoms with Crippen LogP contribution >= 0.6 is 0 Å². The highest BCUT2D eigenvalue weighted by Crippen LogP contribution is 2.13. The SMILES string of the molecule is COCCOCOc1ccc(CCC(=O)O)cc1. The van der Waals surface area contributed by atoms with Gasteiger partial charge in [-0.2, -0.15) is 0 Å². The lowest BCUT2D eigenvalue weighted by Gasteiger charge is -2.07. The van der Waals surface area contributed by atoms with E-state index in [0.717, 1.165) is 5.56 Å². The van der Waals surface area contributed by atoms with E-state index in [2.05, 4.69) is 0 Å². The van der Waals surface area contributed by atoms with Crippen molar-refractivity contribution < 1.29 is 24.1 Å². The van der Waals surface area contributed by atoms with E-state index in [0.29, 0.717) is 25.4 Å². The quantitative estimate of drug-likeness (QED) is 0.536. The van der Waals surface area contributed by atoms with Crippen molar-refractivity contribution in [2.75, 3.05) is 27.1 Å². The van der Waals surface area contributed by atoms with E-state index in [-0.39, 0.29) is 13.2 Å². The number of ether oxygens (including phenoxy) is 3. The summed E-state index contributed by atoms with van der Waals surface area (Å²) in [6.45, 7) is 1.21. The standard InChI is InChI=1S/C13H18O5/c1-16-8-9-17-10-18-12-5-2-11(3-6-12)4-7-13(14)15/h2-3,5-6H,4,7-10H2,1H3,(H,14,15). The summed E-state index contributed by atoms with van der Waals surface area (Å²) in [6.07, 6.45) is 0.667. The Bertz CT molecular complexity index is 347. The van der Waals surface area contributed by atoms with Crippen LogP contribution in [-0.2, 0) is 20.7 Å². The zero-order valence-corrected chi connectivity index (χ0v) is 10.4. The fourth-order valence-corrected chi connectivity index (χ4v) is 1.31. The minimum atomic E-state index is -0.790. The van der Waals surface area contributed by atoms with Crippen LogP contribution in [0.4, 0.5) is 0 Å². The number of aryl methyl sites for hydroxylation is 1. The minimum Gasteiger partial charge on any atom is -0.481 e. The number of hydrogen-bond acceptors (Lipinski definition) is 4. The molecule has 0 saturated heterocycles. The van der Waals surface area contributed by atoms with Crippen LogP contribution in [0.5, 0.6) is 5.75 Å². The maximum absolute atomic E-state index is 10.4. The van der Waals surface area contributed by atoms with E-state index in [1.54, 1.807) is 19.2 Å². The molecule has 0 atom stereocenters. The van der Waals surface area contributed by atoms with E-state index in [4.69, 9.17) is 19.3 Å². The second-order valence-electron chi connectivity index (χ2n) is 3.70. The highest BCUT2D eigenvalue weighted by molar-refractivity contribution is 5.67. The van der Waals surface area contributed by atoms with Gasteiger partial charge in [0.05, 0.1) is 13.2 Å². The fraction of sp³-hybridized carbons (Fsp3) is 0.462. The van der Waals surface area contributed by atoms with Gasteiger partial charge in [-0.1, -0.05) is 12.1 Å². The summed E-state index contributed by atoms with van der Waals surface area (Å²) in [5, 5.41) is 8.56. The molecule has 0 fully saturated rings. The van der Waals surface area contributed by atoms with Crippen LogP contribution < -0.4 is 4.74 Å². The second-order valence-corrected chi connectivity index (χ2v) is 3.70. The lowest BCUT2D eigenvalue weighted by Crippen LogP contribution is -2.07. The van der Waals surface area contributed by atoms with Gasteiger partial charge in [0.2, 0.25) is 0 Å². The van der Waals surface area contributed by atoms with Crippen molar-refractivity contribution in [2.24, 2.45) is 0 Å². The van der Waals surface area contributed by atoms with Gasteiger partial charge in [-0.05, 0) is 24.1 Å². The molecule has 0 aromatic heterocycles. The summed E-state index contributed by atoms with van der Waals surface area (Å²) >= 11 is 0. The topological polar surface area (TPSA) is 65.0 Å². The van der Waals surface area contributed by atoms with Gasteiger partial charge < -0.3 is 19.3 Å². The van der Waals surface area contributed by atoms with Crippen LogP contribution in [0, 0.1) is 0 Å². The monoisotopic (exact) mass is 254 g/mol.